The molecule has 144 valence electrons. The quantitative estimate of drug-likeness (QED) is 0.630. The Bertz CT molecular complexity index is 1170. The van der Waals surface area contributed by atoms with Crippen molar-refractivity contribution in [2.75, 3.05) is 13.7 Å². The molecule has 2 heterocycles. The number of ether oxygens (including phenoxy) is 2. The zero-order valence-electron chi connectivity index (χ0n) is 15.1. The summed E-state index contributed by atoms with van der Waals surface area (Å²) in [5, 5.41) is 11.7. The van der Waals surface area contributed by atoms with E-state index in [0.29, 0.717) is 5.75 Å². The first kappa shape index (κ1) is 19.9. The monoisotopic (exact) mass is 418 g/mol. The van der Waals surface area contributed by atoms with E-state index >= 15 is 0 Å². The molecule has 0 spiro atoms. The molecule has 0 unspecified atom stereocenters. The minimum Gasteiger partial charge on any atom is -0.506 e. The molecule has 1 aromatic carbocycles. The second-order valence-electron chi connectivity index (χ2n) is 5.70. The van der Waals surface area contributed by atoms with Crippen molar-refractivity contribution in [1.82, 2.24) is 9.55 Å². The molecule has 0 fully saturated rings. The van der Waals surface area contributed by atoms with Crippen LogP contribution in [-0.2, 0) is 6.54 Å². The second kappa shape index (κ2) is 8.01. The number of halogens is 2. The first-order valence-electron chi connectivity index (χ1n) is 8.29. The van der Waals surface area contributed by atoms with Gasteiger partial charge in [-0.1, -0.05) is 29.1 Å². The van der Waals surface area contributed by atoms with Crippen LogP contribution in [0, 0.1) is 12.3 Å². The molecule has 2 aromatic heterocycles. The molecule has 1 N–H and O–H groups in total. The molecule has 8 heteroatoms. The number of pyridine rings is 2. The smallest absolute Gasteiger partial charge is 0.264 e. The average molecular weight is 419 g/mol. The third-order valence-electron chi connectivity index (χ3n) is 4.15. The first-order chi connectivity index (χ1) is 13.5. The molecule has 6 nitrogen and oxygen atoms in total. The molecule has 0 aliphatic carbocycles. The van der Waals surface area contributed by atoms with E-state index in [1.807, 2.05) is 0 Å². The van der Waals surface area contributed by atoms with Gasteiger partial charge in [0.15, 0.2) is 5.65 Å². The molecule has 0 radical (unpaired) electrons. The Balaban J connectivity index is 2.56. The summed E-state index contributed by atoms with van der Waals surface area (Å²) in [5.41, 5.74) is -0.296. The van der Waals surface area contributed by atoms with Crippen molar-refractivity contribution >= 4 is 34.2 Å². The third-order valence-corrected chi connectivity index (χ3v) is 4.76. The summed E-state index contributed by atoms with van der Waals surface area (Å²) >= 11 is 12.7. The predicted molar refractivity (Wildman–Crippen MR) is 110 cm³/mol. The molecule has 3 rings (SSSR count). The van der Waals surface area contributed by atoms with Gasteiger partial charge in [-0.05, 0) is 25.1 Å². The average Bonchev–Trinajstić information content (AvgIpc) is 2.69. The van der Waals surface area contributed by atoms with Crippen molar-refractivity contribution in [3.05, 3.63) is 44.8 Å². The highest BCUT2D eigenvalue weighted by molar-refractivity contribution is 6.37. The molecule has 0 aliphatic heterocycles. The maximum Gasteiger partial charge on any atom is 0.264 e. The number of hydrogen-bond donors (Lipinski definition) is 1. The van der Waals surface area contributed by atoms with E-state index in [4.69, 9.17) is 39.1 Å². The number of nitrogens with zero attached hydrogens (tertiary/aromatic N) is 2. The van der Waals surface area contributed by atoms with Crippen molar-refractivity contribution in [3.63, 3.8) is 0 Å². The summed E-state index contributed by atoms with van der Waals surface area (Å²) in [6.45, 7) is 1.99. The number of methoxy groups -OCH3 is 1. The number of benzene rings is 1. The lowest BCUT2D eigenvalue weighted by molar-refractivity contribution is 0.341. The normalized spacial score (nSPS) is 10.7. The van der Waals surface area contributed by atoms with Gasteiger partial charge in [0.1, 0.15) is 22.6 Å². The van der Waals surface area contributed by atoms with Crippen LogP contribution in [0.4, 0.5) is 0 Å². The summed E-state index contributed by atoms with van der Waals surface area (Å²) in [5.74, 6) is 2.60. The fraction of sp³-hybridized carbons (Fsp3) is 0.200. The summed E-state index contributed by atoms with van der Waals surface area (Å²) < 4.78 is 12.2. The van der Waals surface area contributed by atoms with Crippen LogP contribution < -0.4 is 15.0 Å². The Morgan fingerprint density at radius 1 is 1.25 bits per heavy atom. The Morgan fingerprint density at radius 3 is 2.61 bits per heavy atom. The maximum atomic E-state index is 13.3. The van der Waals surface area contributed by atoms with Crippen LogP contribution in [0.1, 0.15) is 6.92 Å². The van der Waals surface area contributed by atoms with Gasteiger partial charge in [-0.3, -0.25) is 9.36 Å². The van der Waals surface area contributed by atoms with Crippen molar-refractivity contribution in [2.24, 2.45) is 0 Å². The van der Waals surface area contributed by atoms with Gasteiger partial charge in [-0.25, -0.2) is 4.98 Å². The third kappa shape index (κ3) is 3.13. The van der Waals surface area contributed by atoms with E-state index in [0.717, 1.165) is 0 Å². The molecule has 3 aromatic rings. The Hall–Kier alpha value is -2.88. The highest BCUT2D eigenvalue weighted by Gasteiger charge is 2.26. The summed E-state index contributed by atoms with van der Waals surface area (Å²) in [7, 11) is 1.45. The molecule has 0 saturated carbocycles. The van der Waals surface area contributed by atoms with Crippen molar-refractivity contribution in [3.8, 4) is 40.7 Å². The van der Waals surface area contributed by atoms with E-state index in [-0.39, 0.29) is 56.9 Å². The van der Waals surface area contributed by atoms with Crippen LogP contribution in [-0.4, -0.2) is 28.4 Å². The lowest BCUT2D eigenvalue weighted by Gasteiger charge is -2.18. The molecular formula is C20H16Cl2N2O4. The molecular weight excluding hydrogens is 403 g/mol. The summed E-state index contributed by atoms with van der Waals surface area (Å²) in [6, 6.07) is 4.65. The van der Waals surface area contributed by atoms with Gasteiger partial charge in [-0.2, -0.15) is 0 Å². The summed E-state index contributed by atoms with van der Waals surface area (Å²) in [4.78, 5) is 17.5. The maximum absolute atomic E-state index is 13.3. The highest BCUT2D eigenvalue weighted by atomic mass is 35.5. The van der Waals surface area contributed by atoms with Crippen LogP contribution in [0.5, 0.6) is 17.2 Å². The Labute approximate surface area is 171 Å². The molecule has 0 saturated heterocycles. The zero-order valence-corrected chi connectivity index (χ0v) is 16.6. The van der Waals surface area contributed by atoms with E-state index in [2.05, 4.69) is 10.9 Å². The fourth-order valence-electron chi connectivity index (χ4n) is 3.00. The zero-order chi connectivity index (χ0) is 20.4. The van der Waals surface area contributed by atoms with Gasteiger partial charge in [0.2, 0.25) is 0 Å². The number of fused-ring (bicyclic) bond motifs is 1. The van der Waals surface area contributed by atoms with Crippen LogP contribution in [0.25, 0.3) is 22.2 Å². The van der Waals surface area contributed by atoms with Crippen LogP contribution in [0.3, 0.4) is 0 Å². The van der Waals surface area contributed by atoms with Crippen LogP contribution in [0.15, 0.2) is 29.2 Å². The second-order valence-corrected chi connectivity index (χ2v) is 6.51. The number of aromatic hydroxyl groups is 1. The highest BCUT2D eigenvalue weighted by Crippen LogP contribution is 2.46. The predicted octanol–water partition coefficient (Wildman–Crippen LogP) is 4.12. The van der Waals surface area contributed by atoms with E-state index in [1.54, 1.807) is 19.1 Å². The standard InChI is InChI=1S/C20H16Cl2N2O4/c1-4-10-24-19-15(13(27-3)8-9-23-19)17(25)16(20(24)26)14-11(21)6-7-12(22)18(14)28-5-2/h1,6-9,25H,5,10H2,2-3H3. The van der Waals surface area contributed by atoms with Gasteiger partial charge in [0.05, 0.1) is 41.4 Å². The number of rotatable bonds is 5. The number of hydrogen-bond acceptors (Lipinski definition) is 5. The van der Waals surface area contributed by atoms with Gasteiger partial charge in [0.25, 0.3) is 5.56 Å². The SMILES string of the molecule is C#CCn1c(=O)c(-c2c(Cl)ccc(Cl)c2OCC)c(O)c2c(OC)ccnc21. The van der Waals surface area contributed by atoms with Gasteiger partial charge >= 0.3 is 0 Å². The van der Waals surface area contributed by atoms with Crippen LogP contribution >= 0.6 is 23.2 Å². The molecule has 0 aliphatic rings. The lowest BCUT2D eigenvalue weighted by atomic mass is 10.0. The lowest BCUT2D eigenvalue weighted by Crippen LogP contribution is -2.23. The minimum absolute atomic E-state index is 0.0645. The van der Waals surface area contributed by atoms with Crippen molar-refractivity contribution in [1.29, 1.82) is 0 Å². The van der Waals surface area contributed by atoms with Gasteiger partial charge in [0, 0.05) is 6.20 Å². The van der Waals surface area contributed by atoms with E-state index in [1.165, 1.54) is 23.9 Å². The largest absolute Gasteiger partial charge is 0.506 e. The Kier molecular flexibility index (Phi) is 5.68. The van der Waals surface area contributed by atoms with E-state index < -0.39 is 5.56 Å². The molecule has 0 atom stereocenters. The molecule has 0 amide bonds. The van der Waals surface area contributed by atoms with Gasteiger partial charge < -0.3 is 14.6 Å². The van der Waals surface area contributed by atoms with Gasteiger partial charge in [-0.15, -0.1) is 6.42 Å². The van der Waals surface area contributed by atoms with Crippen molar-refractivity contribution < 1.29 is 14.6 Å². The number of terminal acetylenes is 1. The number of aromatic nitrogens is 2. The molecule has 28 heavy (non-hydrogen) atoms. The molecule has 0 bridgehead atoms. The minimum atomic E-state index is -0.575. The van der Waals surface area contributed by atoms with Crippen molar-refractivity contribution in [2.45, 2.75) is 13.5 Å². The first-order valence-corrected chi connectivity index (χ1v) is 9.04. The fourth-order valence-corrected chi connectivity index (χ4v) is 3.46. The Morgan fingerprint density at radius 2 is 1.96 bits per heavy atom. The van der Waals surface area contributed by atoms with E-state index in [9.17, 15) is 9.90 Å². The topological polar surface area (TPSA) is 73.6 Å². The summed E-state index contributed by atoms with van der Waals surface area (Å²) in [6.07, 6.45) is 6.91. The van der Waals surface area contributed by atoms with Crippen LogP contribution in [0.2, 0.25) is 10.0 Å².